The van der Waals surface area contributed by atoms with Crippen LogP contribution < -0.4 is 9.47 Å². The average Bonchev–Trinajstić information content (AvgIpc) is 2.60. The van der Waals surface area contributed by atoms with Crippen molar-refractivity contribution in [3.8, 4) is 17.6 Å². The lowest BCUT2D eigenvalue weighted by atomic mass is 10.0. The first-order valence-corrected chi connectivity index (χ1v) is 7.25. The number of hydrogen-bond donors (Lipinski definition) is 1. The molecule has 2 aromatic carbocycles. The van der Waals surface area contributed by atoms with Gasteiger partial charge in [0.2, 0.25) is 0 Å². The van der Waals surface area contributed by atoms with E-state index in [-0.39, 0.29) is 5.56 Å². The minimum Gasteiger partial charge on any atom is -0.493 e. The molecule has 0 fully saturated rings. The van der Waals surface area contributed by atoms with Gasteiger partial charge in [0.15, 0.2) is 11.5 Å². The van der Waals surface area contributed by atoms with Crippen LogP contribution in [0.4, 0.5) is 0 Å². The van der Waals surface area contributed by atoms with Gasteiger partial charge in [-0.15, -0.1) is 0 Å². The molecule has 0 aliphatic rings. The van der Waals surface area contributed by atoms with Crippen molar-refractivity contribution >= 4 is 29.2 Å². The van der Waals surface area contributed by atoms with Gasteiger partial charge in [-0.3, -0.25) is 0 Å². The highest BCUT2D eigenvalue weighted by atomic mass is 35.5. The predicted molar refractivity (Wildman–Crippen MR) is 91.4 cm³/mol. The van der Waals surface area contributed by atoms with Crippen molar-refractivity contribution in [1.29, 1.82) is 5.26 Å². The first-order chi connectivity index (χ1) is 11.5. The van der Waals surface area contributed by atoms with Crippen LogP contribution in [-0.4, -0.2) is 25.3 Å². The summed E-state index contributed by atoms with van der Waals surface area (Å²) in [6.45, 7) is 0. The van der Waals surface area contributed by atoms with Gasteiger partial charge in [0, 0.05) is 6.07 Å². The van der Waals surface area contributed by atoms with E-state index in [9.17, 15) is 10.1 Å². The normalized spacial score (nSPS) is 10.8. The number of nitrogens with zero attached hydrogens (tertiary/aromatic N) is 1. The molecule has 0 saturated heterocycles. The van der Waals surface area contributed by atoms with Crippen molar-refractivity contribution in [3.05, 3.63) is 58.1 Å². The lowest BCUT2D eigenvalue weighted by Crippen LogP contribution is -1.95. The molecule has 0 saturated carbocycles. The summed E-state index contributed by atoms with van der Waals surface area (Å²) in [5, 5.41) is 18.7. The van der Waals surface area contributed by atoms with E-state index in [0.717, 1.165) is 0 Å². The molecule has 0 atom stereocenters. The Labute approximate surface area is 144 Å². The molecule has 24 heavy (non-hydrogen) atoms. The minimum atomic E-state index is -1.02. The molecule has 1 N–H and O–H groups in total. The first-order valence-electron chi connectivity index (χ1n) is 6.87. The van der Waals surface area contributed by atoms with Gasteiger partial charge in [-0.05, 0) is 35.4 Å². The van der Waals surface area contributed by atoms with Gasteiger partial charge in [0.05, 0.1) is 36.4 Å². The summed E-state index contributed by atoms with van der Waals surface area (Å²) in [7, 11) is 3.02. The highest BCUT2D eigenvalue weighted by molar-refractivity contribution is 6.32. The number of methoxy groups -OCH3 is 2. The number of carbonyl (C=O) groups is 1. The maximum atomic E-state index is 10.9. The van der Waals surface area contributed by atoms with Crippen LogP contribution >= 0.6 is 11.6 Å². The number of allylic oxidation sites excluding steroid dienone is 1. The van der Waals surface area contributed by atoms with Gasteiger partial charge in [-0.1, -0.05) is 23.7 Å². The molecule has 0 bridgehead atoms. The summed E-state index contributed by atoms with van der Waals surface area (Å²) in [5.41, 5.74) is 1.68. The van der Waals surface area contributed by atoms with Crippen molar-refractivity contribution in [2.24, 2.45) is 0 Å². The van der Waals surface area contributed by atoms with Gasteiger partial charge >= 0.3 is 5.97 Å². The second-order valence-electron chi connectivity index (χ2n) is 4.78. The van der Waals surface area contributed by atoms with Crippen LogP contribution in [0.1, 0.15) is 21.5 Å². The van der Waals surface area contributed by atoms with Crippen molar-refractivity contribution < 1.29 is 19.4 Å². The number of hydrogen-bond acceptors (Lipinski definition) is 4. The Morgan fingerprint density at radius 1 is 1.12 bits per heavy atom. The summed E-state index contributed by atoms with van der Waals surface area (Å²) in [4.78, 5) is 10.9. The molecule has 0 spiro atoms. The van der Waals surface area contributed by atoms with E-state index in [1.54, 1.807) is 30.3 Å². The largest absolute Gasteiger partial charge is 0.493 e. The molecule has 2 aromatic rings. The molecule has 122 valence electrons. The highest BCUT2D eigenvalue weighted by Crippen LogP contribution is 2.34. The maximum Gasteiger partial charge on any atom is 0.335 e. The average molecular weight is 344 g/mol. The van der Waals surface area contributed by atoms with E-state index in [0.29, 0.717) is 33.2 Å². The summed E-state index contributed by atoms with van der Waals surface area (Å²) >= 11 is 6.23. The Kier molecular flexibility index (Phi) is 5.46. The fraction of sp³-hybridized carbons (Fsp3) is 0.111. The van der Waals surface area contributed by atoms with E-state index >= 15 is 0 Å². The van der Waals surface area contributed by atoms with Crippen LogP contribution in [0, 0.1) is 11.3 Å². The number of carboxylic acids is 1. The summed E-state index contributed by atoms with van der Waals surface area (Å²) < 4.78 is 10.4. The monoisotopic (exact) mass is 343 g/mol. The standard InChI is InChI=1S/C18H14ClNO4/c1-23-16-8-13(15(19)9-17(16)24-2)7-14(10-20)11-3-5-12(6-4-11)18(21)22/h3-9H,1-2H3,(H,21,22)/b14-7-. The highest BCUT2D eigenvalue weighted by Gasteiger charge is 2.11. The smallest absolute Gasteiger partial charge is 0.335 e. The van der Waals surface area contributed by atoms with Gasteiger partial charge in [-0.2, -0.15) is 5.26 Å². The zero-order valence-electron chi connectivity index (χ0n) is 13.0. The molecule has 5 nitrogen and oxygen atoms in total. The molecule has 6 heteroatoms. The Balaban J connectivity index is 2.47. The predicted octanol–water partition coefficient (Wildman–Crippen LogP) is 4.12. The molecule has 0 heterocycles. The van der Waals surface area contributed by atoms with E-state index in [4.69, 9.17) is 26.2 Å². The molecular formula is C18H14ClNO4. The van der Waals surface area contributed by atoms with Crippen LogP contribution in [0.3, 0.4) is 0 Å². The number of rotatable bonds is 5. The molecule has 0 aliphatic carbocycles. The Bertz CT molecular complexity index is 835. The van der Waals surface area contributed by atoms with Gasteiger partial charge < -0.3 is 14.6 Å². The fourth-order valence-corrected chi connectivity index (χ4v) is 2.32. The van der Waals surface area contributed by atoms with E-state index < -0.39 is 5.97 Å². The lowest BCUT2D eigenvalue weighted by molar-refractivity contribution is 0.0697. The molecule has 0 radical (unpaired) electrons. The molecular weight excluding hydrogens is 330 g/mol. The second-order valence-corrected chi connectivity index (χ2v) is 5.19. The van der Waals surface area contributed by atoms with Crippen LogP contribution in [0.5, 0.6) is 11.5 Å². The zero-order valence-corrected chi connectivity index (χ0v) is 13.8. The quantitative estimate of drug-likeness (QED) is 0.652. The number of nitriles is 1. The summed E-state index contributed by atoms with van der Waals surface area (Å²) in [5.74, 6) is -0.0393. The van der Waals surface area contributed by atoms with Crippen molar-refractivity contribution in [1.82, 2.24) is 0 Å². The van der Waals surface area contributed by atoms with Crippen LogP contribution in [-0.2, 0) is 0 Å². The zero-order chi connectivity index (χ0) is 17.7. The molecule has 2 rings (SSSR count). The van der Waals surface area contributed by atoms with Crippen molar-refractivity contribution in [2.45, 2.75) is 0 Å². The van der Waals surface area contributed by atoms with Gasteiger partial charge in [0.1, 0.15) is 0 Å². The minimum absolute atomic E-state index is 0.153. The third-order valence-electron chi connectivity index (χ3n) is 3.37. The third kappa shape index (κ3) is 3.67. The number of carboxylic acid groups (broad SMARTS) is 1. The fourth-order valence-electron chi connectivity index (χ4n) is 2.11. The summed E-state index contributed by atoms with van der Waals surface area (Å²) in [6, 6.07) is 11.4. The number of halogens is 1. The summed E-state index contributed by atoms with van der Waals surface area (Å²) in [6.07, 6.45) is 1.61. The van der Waals surface area contributed by atoms with E-state index in [1.807, 2.05) is 0 Å². The third-order valence-corrected chi connectivity index (χ3v) is 3.69. The second kappa shape index (κ2) is 7.53. The van der Waals surface area contributed by atoms with E-state index in [1.165, 1.54) is 26.4 Å². The number of benzene rings is 2. The first kappa shape index (κ1) is 17.4. The molecule has 0 unspecified atom stereocenters. The molecule has 0 amide bonds. The lowest BCUT2D eigenvalue weighted by Gasteiger charge is -2.10. The Morgan fingerprint density at radius 3 is 2.17 bits per heavy atom. The Morgan fingerprint density at radius 2 is 1.67 bits per heavy atom. The van der Waals surface area contributed by atoms with Crippen LogP contribution in [0.25, 0.3) is 11.6 Å². The SMILES string of the molecule is COc1cc(Cl)c(/C=C(/C#N)c2ccc(C(=O)O)cc2)cc1OC. The van der Waals surface area contributed by atoms with Gasteiger partial charge in [0.25, 0.3) is 0 Å². The number of aromatic carboxylic acids is 1. The maximum absolute atomic E-state index is 10.9. The molecule has 0 aromatic heterocycles. The molecule has 0 aliphatic heterocycles. The van der Waals surface area contributed by atoms with Crippen LogP contribution in [0.15, 0.2) is 36.4 Å². The van der Waals surface area contributed by atoms with Crippen molar-refractivity contribution in [3.63, 3.8) is 0 Å². The van der Waals surface area contributed by atoms with E-state index in [2.05, 4.69) is 6.07 Å². The Hall–Kier alpha value is -2.97. The van der Waals surface area contributed by atoms with Crippen molar-refractivity contribution in [2.75, 3.05) is 14.2 Å². The topological polar surface area (TPSA) is 79.5 Å². The number of ether oxygens (including phenoxy) is 2. The van der Waals surface area contributed by atoms with Gasteiger partial charge in [-0.25, -0.2) is 4.79 Å². The van der Waals surface area contributed by atoms with Crippen LogP contribution in [0.2, 0.25) is 5.02 Å².